The van der Waals surface area contributed by atoms with Gasteiger partial charge in [-0.15, -0.1) is 11.3 Å². The minimum Gasteiger partial charge on any atom is -0.367 e. The zero-order valence-corrected chi connectivity index (χ0v) is 16.0. The number of rotatable bonds is 5. The number of benzene rings is 1. The average Bonchev–Trinajstić information content (AvgIpc) is 3.17. The van der Waals surface area contributed by atoms with Gasteiger partial charge in [0.05, 0.1) is 23.9 Å². The maximum Gasteiger partial charge on any atom is 0.162 e. The van der Waals surface area contributed by atoms with Gasteiger partial charge in [0.2, 0.25) is 0 Å². The van der Waals surface area contributed by atoms with Crippen molar-refractivity contribution in [3.05, 3.63) is 52.5 Å². The number of piperidine rings is 1. The van der Waals surface area contributed by atoms with E-state index in [0.717, 1.165) is 22.3 Å². The fourth-order valence-corrected chi connectivity index (χ4v) is 3.39. The van der Waals surface area contributed by atoms with E-state index in [-0.39, 0.29) is 43.6 Å². The lowest BCUT2D eigenvalue weighted by Crippen LogP contribution is -2.38. The van der Waals surface area contributed by atoms with Crippen molar-refractivity contribution in [3.63, 3.8) is 0 Å². The molecule has 2 aromatic heterocycles. The predicted molar refractivity (Wildman–Crippen MR) is 115 cm³/mol. The SMILES string of the molecule is [2H]c1nc(N([2H])C2([2H])C([2H])([2H])CN(C([2H])c3c([2H])cc([2H])c(C#N)c3[2H])CC2([2H])[2H])c2c([2H])c(C([2H])(C)C)sc2n1. The van der Waals surface area contributed by atoms with Crippen molar-refractivity contribution in [2.45, 2.75) is 45.0 Å². The van der Waals surface area contributed by atoms with Crippen LogP contribution in [0.1, 0.15) is 64.9 Å². The number of nitriles is 1. The zero-order chi connectivity index (χ0) is 31.0. The van der Waals surface area contributed by atoms with E-state index in [9.17, 15) is 5.26 Å². The van der Waals surface area contributed by atoms with Crippen LogP contribution in [0.15, 0.2) is 36.5 Å². The Labute approximate surface area is 188 Å². The highest BCUT2D eigenvalue weighted by molar-refractivity contribution is 7.18. The van der Waals surface area contributed by atoms with Gasteiger partial charge in [-0.2, -0.15) is 5.26 Å². The van der Waals surface area contributed by atoms with Gasteiger partial charge < -0.3 is 5.31 Å². The number of anilines is 1. The van der Waals surface area contributed by atoms with Gasteiger partial charge in [0.15, 0.2) is 1.41 Å². The van der Waals surface area contributed by atoms with Gasteiger partial charge in [0.1, 0.15) is 18.3 Å². The third-order valence-corrected chi connectivity index (χ3v) is 5.08. The molecule has 6 heteroatoms. The van der Waals surface area contributed by atoms with Crippen LogP contribution in [-0.4, -0.2) is 34.0 Å². The molecule has 1 aromatic carbocycles. The van der Waals surface area contributed by atoms with E-state index in [0.29, 0.717) is 0 Å². The third kappa shape index (κ3) is 4.16. The smallest absolute Gasteiger partial charge is 0.162 e. The first-order chi connectivity index (χ1) is 18.7. The summed E-state index contributed by atoms with van der Waals surface area (Å²) >= 11 is 0.921. The highest BCUT2D eigenvalue weighted by Gasteiger charge is 2.21. The Morgan fingerprint density at radius 3 is 3.07 bits per heavy atom. The van der Waals surface area contributed by atoms with Crippen molar-refractivity contribution < 1.29 is 17.9 Å². The van der Waals surface area contributed by atoms with Gasteiger partial charge in [-0.25, -0.2) is 9.97 Å². The number of nitrogens with one attached hydrogen (secondary N) is 1. The quantitative estimate of drug-likeness (QED) is 0.664. The summed E-state index contributed by atoms with van der Waals surface area (Å²) in [5.74, 6) is -1.80. The van der Waals surface area contributed by atoms with Crippen LogP contribution in [0.4, 0.5) is 5.82 Å². The summed E-state index contributed by atoms with van der Waals surface area (Å²) in [6.45, 7) is -0.247. The lowest BCUT2D eigenvalue weighted by molar-refractivity contribution is 0.211. The summed E-state index contributed by atoms with van der Waals surface area (Å²) in [5.41, 5.74) is -0.719. The molecule has 1 fully saturated rings. The number of hydrogen-bond donors (Lipinski definition) is 1. The number of hydrogen-bond acceptors (Lipinski definition) is 6. The Bertz CT molecular complexity index is 1560. The van der Waals surface area contributed by atoms with Gasteiger partial charge in [0, 0.05) is 38.7 Å². The molecular weight excluding hydrogens is 366 g/mol. The molecular formula is C22H25N5S. The van der Waals surface area contributed by atoms with E-state index in [1.807, 2.05) is 0 Å². The normalized spacial score (nSPS) is 28.7. The summed E-state index contributed by atoms with van der Waals surface area (Å²) in [4.78, 5) is 9.09. The molecule has 144 valence electrons. The second kappa shape index (κ2) is 8.26. The van der Waals surface area contributed by atoms with Crippen LogP contribution < -0.4 is 5.31 Å². The fourth-order valence-electron chi connectivity index (χ4n) is 2.50. The molecule has 0 spiro atoms. The minimum atomic E-state index is -3.04. The highest BCUT2D eigenvalue weighted by Crippen LogP contribution is 2.33. The molecule has 4 rings (SSSR count). The molecule has 0 amide bonds. The number of fused-ring (bicyclic) bond motifs is 1. The van der Waals surface area contributed by atoms with Crippen LogP contribution in [0.25, 0.3) is 10.2 Å². The molecule has 1 aliphatic rings. The molecule has 3 heterocycles. The Morgan fingerprint density at radius 1 is 1.50 bits per heavy atom. The second-order valence-electron chi connectivity index (χ2n) is 6.19. The van der Waals surface area contributed by atoms with Gasteiger partial charge in [0.25, 0.3) is 0 Å². The molecule has 0 aliphatic carbocycles. The van der Waals surface area contributed by atoms with Gasteiger partial charge in [-0.1, -0.05) is 26.0 Å². The standard InChI is InChI=1S/C22H25N5S/c1-15(2)20-11-19-21(24-14-25-22(19)28-20)26-18-6-8-27(9-7-18)13-17-5-3-4-16(10-17)12-23/h3-5,10-11,14-15,18H,6-9,13H2,1-2H3,(H,24,25,26)/i4D,5D,6D2,7D2,10D,11D,13D,14D,15D,18D/hD. The van der Waals surface area contributed by atoms with Crippen molar-refractivity contribution in [2.75, 3.05) is 18.4 Å². The molecule has 1 aliphatic heterocycles. The molecule has 1 atom stereocenters. The van der Waals surface area contributed by atoms with Gasteiger partial charge in [-0.3, -0.25) is 4.90 Å². The van der Waals surface area contributed by atoms with Crippen molar-refractivity contribution in [2.24, 2.45) is 0 Å². The van der Waals surface area contributed by atoms with Gasteiger partial charge in [-0.05, 0) is 42.3 Å². The monoisotopic (exact) mass is 404 g/mol. The van der Waals surface area contributed by atoms with E-state index in [1.165, 1.54) is 13.8 Å². The molecule has 1 saturated heterocycles. The zero-order valence-electron chi connectivity index (χ0n) is 28.2. The first-order valence-electron chi connectivity index (χ1n) is 15.0. The van der Waals surface area contributed by atoms with Crippen LogP contribution >= 0.6 is 11.3 Å². The Kier molecular flexibility index (Phi) is 2.62. The van der Waals surface area contributed by atoms with Crippen LogP contribution in [0.2, 0.25) is 1.41 Å². The Hall–Kier alpha value is -2.49. The van der Waals surface area contributed by atoms with E-state index in [2.05, 4.69) is 9.97 Å². The van der Waals surface area contributed by atoms with Crippen molar-refractivity contribution in [3.8, 4) is 6.07 Å². The molecule has 0 saturated carbocycles. The van der Waals surface area contributed by atoms with Crippen molar-refractivity contribution >= 4 is 27.4 Å². The lowest BCUT2D eigenvalue weighted by atomic mass is 10.0. The summed E-state index contributed by atoms with van der Waals surface area (Å²) in [6, 6.07) is -2.01. The maximum absolute atomic E-state index is 9.33. The Balaban J connectivity index is 1.82. The van der Waals surface area contributed by atoms with Crippen LogP contribution in [-0.2, 0) is 6.52 Å². The van der Waals surface area contributed by atoms with E-state index >= 15 is 0 Å². The molecule has 1 unspecified atom stereocenters. The second-order valence-corrected chi connectivity index (χ2v) is 7.19. The number of thiophene rings is 1. The highest BCUT2D eigenvalue weighted by atomic mass is 32.1. The van der Waals surface area contributed by atoms with Crippen LogP contribution in [0.5, 0.6) is 0 Å². The third-order valence-electron chi connectivity index (χ3n) is 3.88. The van der Waals surface area contributed by atoms with Crippen LogP contribution in [0.3, 0.4) is 0 Å². The van der Waals surface area contributed by atoms with Crippen molar-refractivity contribution in [1.29, 1.82) is 5.26 Å². The maximum atomic E-state index is 9.33. The molecule has 3 aromatic rings. The topological polar surface area (TPSA) is 64.8 Å². The first kappa shape index (κ1) is 8.89. The Morgan fingerprint density at radius 2 is 2.32 bits per heavy atom. The van der Waals surface area contributed by atoms with Crippen LogP contribution in [0, 0.1) is 11.3 Å². The molecule has 28 heavy (non-hydrogen) atoms. The number of likely N-dealkylation sites (tertiary alicyclic amines) is 1. The predicted octanol–water partition coefficient (Wildman–Crippen LogP) is 4.76. The number of aromatic nitrogens is 2. The van der Waals surface area contributed by atoms with Gasteiger partial charge >= 0.3 is 0 Å². The summed E-state index contributed by atoms with van der Waals surface area (Å²) < 4.78 is 111. The van der Waals surface area contributed by atoms with E-state index < -0.39 is 68.5 Å². The summed E-state index contributed by atoms with van der Waals surface area (Å²) in [5, 5.41) is 9.41. The summed E-state index contributed by atoms with van der Waals surface area (Å²) in [7, 11) is 0. The molecule has 0 bridgehead atoms. The minimum absolute atomic E-state index is 0.0584. The first-order valence-corrected chi connectivity index (χ1v) is 9.25. The average molecular weight is 405 g/mol. The lowest BCUT2D eigenvalue weighted by Gasteiger charge is -2.32. The molecule has 1 N–H and O–H groups in total. The molecule has 0 radical (unpaired) electrons. The number of nitrogens with zero attached hydrogens (tertiary/aromatic N) is 4. The van der Waals surface area contributed by atoms with Crippen molar-refractivity contribution in [1.82, 2.24) is 14.9 Å². The van der Waals surface area contributed by atoms with E-state index in [4.69, 9.17) is 17.9 Å². The summed E-state index contributed by atoms with van der Waals surface area (Å²) in [6.07, 6.45) is -6.43. The molecule has 5 nitrogen and oxygen atoms in total. The largest absolute Gasteiger partial charge is 0.367 e. The fraction of sp³-hybridized carbons (Fsp3) is 0.409. The van der Waals surface area contributed by atoms with E-state index in [1.54, 1.807) is 6.07 Å².